The van der Waals surface area contributed by atoms with Crippen molar-refractivity contribution >= 4 is 39.5 Å². The van der Waals surface area contributed by atoms with Gasteiger partial charge in [0.15, 0.2) is 4.20 Å². The van der Waals surface area contributed by atoms with Crippen LogP contribution >= 0.6 is 11.8 Å². The molecule has 3 aromatic carbocycles. The molecule has 5 N–H and O–H groups in total. The number of benzene rings is 3. The maximum atomic E-state index is 13.8. The third-order valence-electron chi connectivity index (χ3n) is 6.10. The van der Waals surface area contributed by atoms with E-state index in [2.05, 4.69) is 21.3 Å². The average Bonchev–Trinajstić information content (AvgIpc) is 3.43. The van der Waals surface area contributed by atoms with Crippen LogP contribution < -0.4 is 21.3 Å². The predicted molar refractivity (Wildman–Crippen MR) is 147 cm³/mol. The molecule has 10 nitrogen and oxygen atoms in total. The molecule has 3 aromatic rings. The number of hydrogen-bond acceptors (Lipinski definition) is 7. The fourth-order valence-electron chi connectivity index (χ4n) is 4.06. The SMILES string of the molecule is O=C(NCc1ccccc1)NCC(NC(=O)C1CSC(c2ccccc2)(S(=O)(=O)c2ccccc2)N1)C(=O)O. The Morgan fingerprint density at radius 3 is 2.13 bits per heavy atom. The first kappa shape index (κ1) is 28.1. The van der Waals surface area contributed by atoms with Crippen molar-refractivity contribution in [1.82, 2.24) is 21.3 Å². The molecule has 0 aliphatic carbocycles. The van der Waals surface area contributed by atoms with Crippen LogP contribution in [-0.2, 0) is 30.2 Å². The molecule has 204 valence electrons. The van der Waals surface area contributed by atoms with E-state index in [0.717, 1.165) is 17.3 Å². The summed E-state index contributed by atoms with van der Waals surface area (Å²) < 4.78 is 26.0. The lowest BCUT2D eigenvalue weighted by Crippen LogP contribution is -2.56. The summed E-state index contributed by atoms with van der Waals surface area (Å²) in [5, 5.41) is 20.1. The van der Waals surface area contributed by atoms with E-state index in [0.29, 0.717) is 5.56 Å². The van der Waals surface area contributed by atoms with E-state index in [1.165, 1.54) is 12.1 Å². The second-order valence-electron chi connectivity index (χ2n) is 8.76. The number of hydrogen-bond donors (Lipinski definition) is 5. The standard InChI is InChI=1S/C27H28N4O6S2/c32-24(30-22(25(33)34)17-29-26(35)28-16-19-10-4-1-5-11-19)23-18-38-27(31-23,20-12-6-2-7-13-20)39(36,37)21-14-8-3-9-15-21/h1-15,22-23,31H,16-18H2,(H,30,32)(H,33,34)(H2,28,29,35). The second-order valence-corrected chi connectivity index (χ2v) is 12.3. The van der Waals surface area contributed by atoms with Gasteiger partial charge in [0.05, 0.1) is 17.5 Å². The van der Waals surface area contributed by atoms with Gasteiger partial charge in [-0.1, -0.05) is 78.9 Å². The molecule has 0 bridgehead atoms. The van der Waals surface area contributed by atoms with E-state index in [9.17, 15) is 27.9 Å². The lowest BCUT2D eigenvalue weighted by Gasteiger charge is -2.30. The van der Waals surface area contributed by atoms with Crippen molar-refractivity contribution < 1.29 is 27.9 Å². The molecule has 0 spiro atoms. The van der Waals surface area contributed by atoms with Crippen LogP contribution in [0.3, 0.4) is 0 Å². The Balaban J connectivity index is 1.44. The van der Waals surface area contributed by atoms with Gasteiger partial charge < -0.3 is 21.1 Å². The number of sulfone groups is 1. The number of amides is 3. The van der Waals surface area contributed by atoms with Gasteiger partial charge in [-0.05, 0) is 23.3 Å². The summed E-state index contributed by atoms with van der Waals surface area (Å²) in [4.78, 5) is 37.2. The molecule has 1 saturated heterocycles. The summed E-state index contributed by atoms with van der Waals surface area (Å²) in [6.07, 6.45) is 0. The molecule has 1 heterocycles. The minimum Gasteiger partial charge on any atom is -0.480 e. The van der Waals surface area contributed by atoms with Crippen molar-refractivity contribution in [3.05, 3.63) is 102 Å². The van der Waals surface area contributed by atoms with Gasteiger partial charge in [0.1, 0.15) is 6.04 Å². The van der Waals surface area contributed by atoms with Crippen LogP contribution in [0.4, 0.5) is 4.79 Å². The van der Waals surface area contributed by atoms with Crippen molar-refractivity contribution in [2.45, 2.75) is 27.7 Å². The Hall–Kier alpha value is -3.87. The highest BCUT2D eigenvalue weighted by Gasteiger charge is 2.53. The Morgan fingerprint density at radius 2 is 1.51 bits per heavy atom. The van der Waals surface area contributed by atoms with E-state index in [1.807, 2.05) is 30.3 Å². The summed E-state index contributed by atoms with van der Waals surface area (Å²) in [5.74, 6) is -1.96. The number of urea groups is 1. The van der Waals surface area contributed by atoms with E-state index in [4.69, 9.17) is 0 Å². The van der Waals surface area contributed by atoms with Crippen LogP contribution in [0.1, 0.15) is 11.1 Å². The minimum absolute atomic E-state index is 0.0735. The van der Waals surface area contributed by atoms with Crippen LogP contribution in [0, 0.1) is 0 Å². The van der Waals surface area contributed by atoms with E-state index >= 15 is 0 Å². The Bertz CT molecular complexity index is 1410. The lowest BCUT2D eigenvalue weighted by atomic mass is 10.2. The molecule has 3 amide bonds. The minimum atomic E-state index is -4.03. The summed E-state index contributed by atoms with van der Waals surface area (Å²) >= 11 is 1.05. The molecule has 4 rings (SSSR count). The number of carbonyl (C=O) groups excluding carboxylic acids is 2. The number of nitrogens with one attached hydrogen (secondary N) is 4. The third kappa shape index (κ3) is 6.41. The predicted octanol–water partition coefficient (Wildman–Crippen LogP) is 2.04. The number of carboxylic acids is 1. The van der Waals surface area contributed by atoms with Crippen LogP contribution in [0.5, 0.6) is 0 Å². The second kappa shape index (κ2) is 12.3. The topological polar surface area (TPSA) is 154 Å². The maximum absolute atomic E-state index is 13.8. The zero-order valence-electron chi connectivity index (χ0n) is 20.7. The Morgan fingerprint density at radius 1 is 0.923 bits per heavy atom. The van der Waals surface area contributed by atoms with E-state index < -0.39 is 44.0 Å². The number of thioether (sulfide) groups is 1. The summed E-state index contributed by atoms with van der Waals surface area (Å²) in [7, 11) is -4.03. The quantitative estimate of drug-likeness (QED) is 0.249. The molecule has 1 aliphatic heterocycles. The van der Waals surface area contributed by atoms with Gasteiger partial charge in [-0.15, -0.1) is 11.8 Å². The first-order chi connectivity index (χ1) is 18.7. The highest BCUT2D eigenvalue weighted by Crippen LogP contribution is 2.47. The van der Waals surface area contributed by atoms with Crippen molar-refractivity contribution in [2.24, 2.45) is 0 Å². The highest BCUT2D eigenvalue weighted by atomic mass is 32.3. The van der Waals surface area contributed by atoms with Crippen molar-refractivity contribution in [2.75, 3.05) is 12.3 Å². The summed E-state index contributed by atoms with van der Waals surface area (Å²) in [6.45, 7) is -0.120. The molecule has 3 unspecified atom stereocenters. The molecule has 0 saturated carbocycles. The first-order valence-electron chi connectivity index (χ1n) is 12.1. The number of carbonyl (C=O) groups is 3. The zero-order chi connectivity index (χ0) is 27.9. The van der Waals surface area contributed by atoms with Crippen LogP contribution in [0.25, 0.3) is 0 Å². The monoisotopic (exact) mass is 568 g/mol. The molecular formula is C27H28N4O6S2. The zero-order valence-corrected chi connectivity index (χ0v) is 22.4. The van der Waals surface area contributed by atoms with Gasteiger partial charge in [0, 0.05) is 12.3 Å². The number of aliphatic carboxylic acids is 1. The first-order valence-corrected chi connectivity index (χ1v) is 14.6. The van der Waals surface area contributed by atoms with Gasteiger partial charge in [-0.3, -0.25) is 10.1 Å². The summed E-state index contributed by atoms with van der Waals surface area (Å²) in [5.41, 5.74) is 1.31. The van der Waals surface area contributed by atoms with E-state index in [-0.39, 0.29) is 23.7 Å². The highest BCUT2D eigenvalue weighted by molar-refractivity contribution is 8.14. The normalized spacial score (nSPS) is 19.5. The summed E-state index contributed by atoms with van der Waals surface area (Å²) in [6, 6.07) is 22.6. The van der Waals surface area contributed by atoms with Crippen molar-refractivity contribution in [3.63, 3.8) is 0 Å². The van der Waals surface area contributed by atoms with Crippen LogP contribution in [0.2, 0.25) is 0 Å². The lowest BCUT2D eigenvalue weighted by molar-refractivity contribution is -0.141. The Kier molecular flexibility index (Phi) is 8.90. The molecule has 3 atom stereocenters. The molecule has 12 heteroatoms. The maximum Gasteiger partial charge on any atom is 0.328 e. The van der Waals surface area contributed by atoms with Gasteiger partial charge in [-0.2, -0.15) is 0 Å². The number of rotatable bonds is 10. The van der Waals surface area contributed by atoms with Crippen LogP contribution in [0.15, 0.2) is 95.9 Å². The van der Waals surface area contributed by atoms with Gasteiger partial charge >= 0.3 is 12.0 Å². The molecule has 1 fully saturated rings. The van der Waals surface area contributed by atoms with Gasteiger partial charge in [-0.25, -0.2) is 18.0 Å². The molecule has 0 aromatic heterocycles. The smallest absolute Gasteiger partial charge is 0.328 e. The molecule has 0 radical (unpaired) electrons. The molecule has 1 aliphatic rings. The fraction of sp³-hybridized carbons (Fsp3) is 0.222. The average molecular weight is 569 g/mol. The van der Waals surface area contributed by atoms with Gasteiger partial charge in [0.2, 0.25) is 15.7 Å². The number of carboxylic acid groups (broad SMARTS) is 1. The van der Waals surface area contributed by atoms with Crippen LogP contribution in [-0.4, -0.2) is 55.8 Å². The van der Waals surface area contributed by atoms with E-state index in [1.54, 1.807) is 48.5 Å². The van der Waals surface area contributed by atoms with Crippen molar-refractivity contribution in [1.29, 1.82) is 0 Å². The van der Waals surface area contributed by atoms with Crippen molar-refractivity contribution in [3.8, 4) is 0 Å². The molecule has 39 heavy (non-hydrogen) atoms. The third-order valence-corrected chi connectivity index (χ3v) is 10.4. The largest absolute Gasteiger partial charge is 0.480 e. The Labute approximate surface area is 230 Å². The molecular weight excluding hydrogens is 540 g/mol. The van der Waals surface area contributed by atoms with Gasteiger partial charge in [0.25, 0.3) is 0 Å². The fourth-order valence-corrected chi connectivity index (χ4v) is 7.93.